The van der Waals surface area contributed by atoms with Crippen molar-refractivity contribution in [1.82, 2.24) is 0 Å². The van der Waals surface area contributed by atoms with Gasteiger partial charge >= 0.3 is 0 Å². The van der Waals surface area contributed by atoms with Crippen molar-refractivity contribution in [2.45, 2.75) is 13.0 Å². The molecule has 5 heteroatoms. The molecule has 0 aromatic heterocycles. The first-order chi connectivity index (χ1) is 6.57. The first-order valence-corrected chi connectivity index (χ1v) is 4.20. The smallest absolute Gasteiger partial charge is 0.272 e. The largest absolute Gasteiger partial charge is 0.387 e. The minimum Gasteiger partial charge on any atom is -0.387 e. The van der Waals surface area contributed by atoms with Gasteiger partial charge < -0.3 is 10.8 Å². The molecule has 0 aliphatic carbocycles. The topological polar surface area (TPSA) is 89.4 Å². The molecule has 0 bridgehead atoms. The quantitative estimate of drug-likeness (QED) is 0.555. The Hall–Kier alpha value is -1.46. The van der Waals surface area contributed by atoms with Gasteiger partial charge in [-0.05, 0) is 12.5 Å². The van der Waals surface area contributed by atoms with E-state index in [1.165, 1.54) is 6.07 Å². The number of nitrogens with two attached hydrogens (primary N) is 1. The van der Waals surface area contributed by atoms with Crippen molar-refractivity contribution in [1.29, 1.82) is 0 Å². The highest BCUT2D eigenvalue weighted by molar-refractivity contribution is 5.45. The Morgan fingerprint density at radius 1 is 1.64 bits per heavy atom. The average Bonchev–Trinajstić information content (AvgIpc) is 2.16. The first-order valence-electron chi connectivity index (χ1n) is 4.20. The van der Waals surface area contributed by atoms with Crippen LogP contribution in [0.1, 0.15) is 17.2 Å². The Kier molecular flexibility index (Phi) is 3.16. The third-order valence-electron chi connectivity index (χ3n) is 2.13. The molecule has 0 fully saturated rings. The van der Waals surface area contributed by atoms with Crippen LogP contribution in [0.4, 0.5) is 5.69 Å². The number of aliphatic hydroxyl groups excluding tert-OH is 1. The number of nitro benzene ring substituents is 1. The number of hydrogen-bond donors (Lipinski definition) is 2. The Labute approximate surface area is 81.3 Å². The highest BCUT2D eigenvalue weighted by Crippen LogP contribution is 2.25. The fourth-order valence-corrected chi connectivity index (χ4v) is 1.33. The number of aliphatic hydroxyl groups is 1. The Morgan fingerprint density at radius 2 is 2.29 bits per heavy atom. The summed E-state index contributed by atoms with van der Waals surface area (Å²) in [6.07, 6.45) is -0.838. The molecule has 0 amide bonds. The zero-order valence-electron chi connectivity index (χ0n) is 7.80. The molecule has 3 N–H and O–H groups in total. The maximum Gasteiger partial charge on any atom is 0.272 e. The SMILES string of the molecule is Cc1c([C@@H](O)CN)cccc1[N+](=O)[O-]. The summed E-state index contributed by atoms with van der Waals surface area (Å²) in [6.45, 7) is 1.66. The molecule has 0 heterocycles. The van der Waals surface area contributed by atoms with Crippen LogP contribution in [0.25, 0.3) is 0 Å². The number of hydrogen-bond acceptors (Lipinski definition) is 4. The lowest BCUT2D eigenvalue weighted by Crippen LogP contribution is -2.13. The van der Waals surface area contributed by atoms with Gasteiger partial charge in [0, 0.05) is 18.2 Å². The van der Waals surface area contributed by atoms with Crippen molar-refractivity contribution >= 4 is 5.69 Å². The predicted octanol–water partition coefficient (Wildman–Crippen LogP) is 0.895. The van der Waals surface area contributed by atoms with Gasteiger partial charge in [0.1, 0.15) is 0 Å². The predicted molar refractivity (Wildman–Crippen MR) is 51.8 cm³/mol. The van der Waals surface area contributed by atoms with Gasteiger partial charge in [0.15, 0.2) is 0 Å². The van der Waals surface area contributed by atoms with Crippen molar-refractivity contribution in [2.24, 2.45) is 5.73 Å². The van der Waals surface area contributed by atoms with Crippen LogP contribution in [-0.4, -0.2) is 16.6 Å². The molecule has 1 aromatic carbocycles. The first kappa shape index (κ1) is 10.6. The van der Waals surface area contributed by atoms with Gasteiger partial charge in [-0.25, -0.2) is 0 Å². The van der Waals surface area contributed by atoms with Crippen LogP contribution in [0.2, 0.25) is 0 Å². The summed E-state index contributed by atoms with van der Waals surface area (Å²) < 4.78 is 0. The Bertz CT molecular complexity index is 352. The number of nitro groups is 1. The Morgan fingerprint density at radius 3 is 2.79 bits per heavy atom. The minimum atomic E-state index is -0.838. The molecule has 0 unspecified atom stereocenters. The molecule has 0 saturated heterocycles. The lowest BCUT2D eigenvalue weighted by atomic mass is 10.0. The molecule has 1 atom stereocenters. The summed E-state index contributed by atoms with van der Waals surface area (Å²) in [6, 6.07) is 4.58. The standard InChI is InChI=1S/C9H12N2O3/c1-6-7(9(12)5-10)3-2-4-8(6)11(13)14/h2-4,9,12H,5,10H2,1H3/t9-/m0/s1. The molecule has 0 saturated carbocycles. The molecule has 0 radical (unpaired) electrons. The minimum absolute atomic E-state index is 0.00926. The zero-order chi connectivity index (χ0) is 10.7. The van der Waals surface area contributed by atoms with Gasteiger partial charge in [-0.3, -0.25) is 10.1 Å². The fourth-order valence-electron chi connectivity index (χ4n) is 1.33. The Balaban J connectivity index is 3.20. The van der Waals surface area contributed by atoms with Gasteiger partial charge in [0.25, 0.3) is 5.69 Å². The maximum atomic E-state index is 10.6. The number of benzene rings is 1. The van der Waals surface area contributed by atoms with Crippen LogP contribution in [0.5, 0.6) is 0 Å². The van der Waals surface area contributed by atoms with Crippen molar-refractivity contribution in [3.05, 3.63) is 39.4 Å². The van der Waals surface area contributed by atoms with E-state index in [2.05, 4.69) is 0 Å². The van der Waals surface area contributed by atoms with E-state index >= 15 is 0 Å². The zero-order valence-corrected chi connectivity index (χ0v) is 7.80. The van der Waals surface area contributed by atoms with Gasteiger partial charge in [0.2, 0.25) is 0 Å². The highest BCUT2D eigenvalue weighted by Gasteiger charge is 2.16. The second-order valence-corrected chi connectivity index (χ2v) is 3.00. The van der Waals surface area contributed by atoms with E-state index in [-0.39, 0.29) is 12.2 Å². The summed E-state index contributed by atoms with van der Waals surface area (Å²) in [5, 5.41) is 20.0. The molecule has 0 spiro atoms. The van der Waals surface area contributed by atoms with Crippen LogP contribution in [0.15, 0.2) is 18.2 Å². The highest BCUT2D eigenvalue weighted by atomic mass is 16.6. The lowest BCUT2D eigenvalue weighted by Gasteiger charge is -2.10. The number of nitrogens with zero attached hydrogens (tertiary/aromatic N) is 1. The van der Waals surface area contributed by atoms with Gasteiger partial charge in [-0.15, -0.1) is 0 Å². The monoisotopic (exact) mass is 196 g/mol. The van der Waals surface area contributed by atoms with Crippen LogP contribution < -0.4 is 5.73 Å². The van der Waals surface area contributed by atoms with E-state index in [1.807, 2.05) is 0 Å². The lowest BCUT2D eigenvalue weighted by molar-refractivity contribution is -0.385. The second-order valence-electron chi connectivity index (χ2n) is 3.00. The molecule has 0 aliphatic rings. The molecule has 5 nitrogen and oxygen atoms in total. The van der Waals surface area contributed by atoms with E-state index < -0.39 is 11.0 Å². The molecule has 14 heavy (non-hydrogen) atoms. The molecular weight excluding hydrogens is 184 g/mol. The van der Waals surface area contributed by atoms with Crippen molar-refractivity contribution in [3.63, 3.8) is 0 Å². The van der Waals surface area contributed by atoms with Crippen molar-refractivity contribution in [3.8, 4) is 0 Å². The maximum absolute atomic E-state index is 10.6. The van der Waals surface area contributed by atoms with E-state index in [9.17, 15) is 15.2 Å². The average molecular weight is 196 g/mol. The summed E-state index contributed by atoms with van der Waals surface area (Å²) >= 11 is 0. The summed E-state index contributed by atoms with van der Waals surface area (Å²) in [5.41, 5.74) is 6.27. The molecule has 1 aromatic rings. The summed E-state index contributed by atoms with van der Waals surface area (Å²) in [5.74, 6) is 0. The van der Waals surface area contributed by atoms with Crippen LogP contribution in [0.3, 0.4) is 0 Å². The third kappa shape index (κ3) is 1.89. The normalized spacial score (nSPS) is 12.5. The molecule has 76 valence electrons. The second kappa shape index (κ2) is 4.17. The van der Waals surface area contributed by atoms with Crippen LogP contribution in [0, 0.1) is 17.0 Å². The third-order valence-corrected chi connectivity index (χ3v) is 2.13. The van der Waals surface area contributed by atoms with E-state index in [0.29, 0.717) is 11.1 Å². The van der Waals surface area contributed by atoms with Crippen LogP contribution >= 0.6 is 0 Å². The van der Waals surface area contributed by atoms with E-state index in [4.69, 9.17) is 5.73 Å². The fraction of sp³-hybridized carbons (Fsp3) is 0.333. The van der Waals surface area contributed by atoms with Gasteiger partial charge in [-0.2, -0.15) is 0 Å². The van der Waals surface area contributed by atoms with E-state index in [1.54, 1.807) is 19.1 Å². The van der Waals surface area contributed by atoms with E-state index in [0.717, 1.165) is 0 Å². The van der Waals surface area contributed by atoms with Gasteiger partial charge in [-0.1, -0.05) is 12.1 Å². The number of rotatable bonds is 3. The van der Waals surface area contributed by atoms with Crippen molar-refractivity contribution in [2.75, 3.05) is 6.54 Å². The summed E-state index contributed by atoms with van der Waals surface area (Å²) in [4.78, 5) is 10.1. The van der Waals surface area contributed by atoms with Crippen molar-refractivity contribution < 1.29 is 10.0 Å². The summed E-state index contributed by atoms with van der Waals surface area (Å²) in [7, 11) is 0. The van der Waals surface area contributed by atoms with Gasteiger partial charge in [0.05, 0.1) is 11.0 Å². The molecule has 1 rings (SSSR count). The molecular formula is C9H12N2O3. The van der Waals surface area contributed by atoms with Crippen LogP contribution in [-0.2, 0) is 0 Å². The molecule has 0 aliphatic heterocycles.